The van der Waals surface area contributed by atoms with Gasteiger partial charge in [0.1, 0.15) is 0 Å². The van der Waals surface area contributed by atoms with Gasteiger partial charge in [-0.05, 0) is 31.2 Å². The van der Waals surface area contributed by atoms with Crippen molar-refractivity contribution in [3.63, 3.8) is 0 Å². The SMILES string of the molecule is COC(=O)c1ccccc1NC(=O)c1ccc(C)nn1. The highest BCUT2D eigenvalue weighted by Crippen LogP contribution is 2.16. The lowest BCUT2D eigenvalue weighted by Gasteiger charge is -2.08. The van der Waals surface area contributed by atoms with Gasteiger partial charge >= 0.3 is 5.97 Å². The molecule has 2 rings (SSSR count). The molecule has 1 amide bonds. The lowest BCUT2D eigenvalue weighted by Crippen LogP contribution is -2.17. The molecule has 1 aromatic heterocycles. The van der Waals surface area contributed by atoms with Crippen LogP contribution in [0.4, 0.5) is 5.69 Å². The molecule has 20 heavy (non-hydrogen) atoms. The molecule has 6 heteroatoms. The van der Waals surface area contributed by atoms with Crippen molar-refractivity contribution in [3.8, 4) is 0 Å². The number of esters is 1. The second kappa shape index (κ2) is 5.92. The summed E-state index contributed by atoms with van der Waals surface area (Å²) in [6.45, 7) is 1.78. The minimum Gasteiger partial charge on any atom is -0.465 e. The van der Waals surface area contributed by atoms with Crippen molar-refractivity contribution < 1.29 is 14.3 Å². The van der Waals surface area contributed by atoms with E-state index >= 15 is 0 Å². The Labute approximate surface area is 115 Å². The third-order valence-electron chi connectivity index (χ3n) is 2.61. The van der Waals surface area contributed by atoms with Gasteiger partial charge < -0.3 is 10.1 Å². The Kier molecular flexibility index (Phi) is 4.05. The van der Waals surface area contributed by atoms with Crippen molar-refractivity contribution >= 4 is 17.6 Å². The van der Waals surface area contributed by atoms with Crippen LogP contribution in [-0.4, -0.2) is 29.2 Å². The number of rotatable bonds is 3. The third-order valence-corrected chi connectivity index (χ3v) is 2.61. The van der Waals surface area contributed by atoms with E-state index in [1.807, 2.05) is 0 Å². The van der Waals surface area contributed by atoms with Crippen molar-refractivity contribution in [2.45, 2.75) is 6.92 Å². The van der Waals surface area contributed by atoms with E-state index in [2.05, 4.69) is 20.3 Å². The standard InChI is InChI=1S/C14H13N3O3/c1-9-7-8-12(17-16-9)13(18)15-11-6-4-3-5-10(11)14(19)20-2/h3-8H,1-2H3,(H,15,18). The monoisotopic (exact) mass is 271 g/mol. The Hall–Kier alpha value is -2.76. The van der Waals surface area contributed by atoms with E-state index in [1.54, 1.807) is 43.3 Å². The fraction of sp³-hybridized carbons (Fsp3) is 0.143. The first-order chi connectivity index (χ1) is 9.61. The lowest BCUT2D eigenvalue weighted by molar-refractivity contribution is 0.0602. The Bertz CT molecular complexity index is 638. The quantitative estimate of drug-likeness (QED) is 0.861. The maximum atomic E-state index is 12.0. The molecule has 6 nitrogen and oxygen atoms in total. The first kappa shape index (κ1) is 13.7. The molecule has 102 valence electrons. The summed E-state index contributed by atoms with van der Waals surface area (Å²) in [5, 5.41) is 10.2. The molecule has 0 saturated heterocycles. The van der Waals surface area contributed by atoms with E-state index in [1.165, 1.54) is 7.11 Å². The Morgan fingerprint density at radius 2 is 1.85 bits per heavy atom. The van der Waals surface area contributed by atoms with Crippen molar-refractivity contribution in [1.29, 1.82) is 0 Å². The molecular weight excluding hydrogens is 258 g/mol. The maximum absolute atomic E-state index is 12.0. The van der Waals surface area contributed by atoms with Gasteiger partial charge in [0.25, 0.3) is 5.91 Å². The molecule has 0 unspecified atom stereocenters. The number of amides is 1. The molecule has 0 aliphatic heterocycles. The van der Waals surface area contributed by atoms with Crippen LogP contribution in [0.15, 0.2) is 36.4 Å². The van der Waals surface area contributed by atoms with E-state index in [-0.39, 0.29) is 11.3 Å². The summed E-state index contributed by atoms with van der Waals surface area (Å²) < 4.78 is 4.66. The molecule has 1 N–H and O–H groups in total. The predicted octanol–water partition coefficient (Wildman–Crippen LogP) is 1.82. The number of para-hydroxylation sites is 1. The summed E-state index contributed by atoms with van der Waals surface area (Å²) in [5.74, 6) is -0.954. The fourth-order valence-electron chi connectivity index (χ4n) is 1.59. The Balaban J connectivity index is 2.24. The van der Waals surface area contributed by atoms with Gasteiger partial charge in [-0.15, -0.1) is 5.10 Å². The average molecular weight is 271 g/mol. The van der Waals surface area contributed by atoms with Crippen LogP contribution in [0.2, 0.25) is 0 Å². The summed E-state index contributed by atoms with van der Waals surface area (Å²) in [6.07, 6.45) is 0. The van der Waals surface area contributed by atoms with Gasteiger partial charge in [-0.3, -0.25) is 4.79 Å². The molecule has 1 heterocycles. The second-order valence-corrected chi connectivity index (χ2v) is 4.05. The zero-order valence-electron chi connectivity index (χ0n) is 11.1. The fourth-order valence-corrected chi connectivity index (χ4v) is 1.59. The number of nitrogens with one attached hydrogen (secondary N) is 1. The highest BCUT2D eigenvalue weighted by atomic mass is 16.5. The Morgan fingerprint density at radius 3 is 2.50 bits per heavy atom. The number of carbonyl (C=O) groups excluding carboxylic acids is 2. The highest BCUT2D eigenvalue weighted by molar-refractivity contribution is 6.06. The first-order valence-corrected chi connectivity index (χ1v) is 5.91. The van der Waals surface area contributed by atoms with Gasteiger partial charge in [-0.2, -0.15) is 5.10 Å². The van der Waals surface area contributed by atoms with Crippen LogP contribution in [0.1, 0.15) is 26.5 Å². The van der Waals surface area contributed by atoms with Crippen molar-refractivity contribution in [1.82, 2.24) is 10.2 Å². The van der Waals surface area contributed by atoms with Crippen LogP contribution in [-0.2, 0) is 4.74 Å². The highest BCUT2D eigenvalue weighted by Gasteiger charge is 2.15. The van der Waals surface area contributed by atoms with Crippen LogP contribution < -0.4 is 5.32 Å². The average Bonchev–Trinajstić information content (AvgIpc) is 2.47. The van der Waals surface area contributed by atoms with Crippen molar-refractivity contribution in [3.05, 3.63) is 53.3 Å². The molecule has 0 fully saturated rings. The van der Waals surface area contributed by atoms with E-state index in [0.29, 0.717) is 5.69 Å². The summed E-state index contributed by atoms with van der Waals surface area (Å²) in [6, 6.07) is 9.84. The van der Waals surface area contributed by atoms with Crippen molar-refractivity contribution in [2.75, 3.05) is 12.4 Å². The topological polar surface area (TPSA) is 81.2 Å². The van der Waals surface area contributed by atoms with Crippen LogP contribution in [0.3, 0.4) is 0 Å². The van der Waals surface area contributed by atoms with Crippen LogP contribution in [0, 0.1) is 6.92 Å². The number of benzene rings is 1. The minimum absolute atomic E-state index is 0.176. The molecular formula is C14H13N3O3. The number of methoxy groups -OCH3 is 1. The van der Waals surface area contributed by atoms with Crippen LogP contribution in [0.25, 0.3) is 0 Å². The molecule has 0 spiro atoms. The zero-order chi connectivity index (χ0) is 14.5. The maximum Gasteiger partial charge on any atom is 0.339 e. The van der Waals surface area contributed by atoms with E-state index in [9.17, 15) is 9.59 Å². The van der Waals surface area contributed by atoms with Gasteiger partial charge in [0.2, 0.25) is 0 Å². The second-order valence-electron chi connectivity index (χ2n) is 4.05. The van der Waals surface area contributed by atoms with E-state index in [4.69, 9.17) is 0 Å². The van der Waals surface area contributed by atoms with Crippen LogP contribution in [0.5, 0.6) is 0 Å². The number of aromatic nitrogens is 2. The summed E-state index contributed by atoms with van der Waals surface area (Å²) in [4.78, 5) is 23.6. The molecule has 0 radical (unpaired) electrons. The van der Waals surface area contributed by atoms with Crippen molar-refractivity contribution in [2.24, 2.45) is 0 Å². The predicted molar refractivity (Wildman–Crippen MR) is 72.5 cm³/mol. The number of anilines is 1. The largest absolute Gasteiger partial charge is 0.465 e. The molecule has 0 bridgehead atoms. The molecule has 0 atom stereocenters. The molecule has 0 saturated carbocycles. The summed E-state index contributed by atoms with van der Waals surface area (Å²) in [5.41, 5.74) is 1.54. The van der Waals surface area contributed by atoms with Crippen LogP contribution >= 0.6 is 0 Å². The zero-order valence-corrected chi connectivity index (χ0v) is 11.1. The van der Waals surface area contributed by atoms with Gasteiger partial charge in [-0.25, -0.2) is 4.79 Å². The van der Waals surface area contributed by atoms with Gasteiger partial charge in [0.15, 0.2) is 5.69 Å². The first-order valence-electron chi connectivity index (χ1n) is 5.91. The minimum atomic E-state index is -0.518. The number of nitrogens with zero attached hydrogens (tertiary/aromatic N) is 2. The molecule has 2 aromatic rings. The molecule has 0 aliphatic carbocycles. The summed E-state index contributed by atoms with van der Waals surface area (Å²) in [7, 11) is 1.28. The molecule has 1 aromatic carbocycles. The van der Waals surface area contributed by atoms with Gasteiger partial charge in [0, 0.05) is 0 Å². The van der Waals surface area contributed by atoms with E-state index < -0.39 is 11.9 Å². The number of hydrogen-bond acceptors (Lipinski definition) is 5. The third kappa shape index (κ3) is 2.97. The Morgan fingerprint density at radius 1 is 1.10 bits per heavy atom. The normalized spacial score (nSPS) is 9.90. The smallest absolute Gasteiger partial charge is 0.339 e. The van der Waals surface area contributed by atoms with E-state index in [0.717, 1.165) is 5.69 Å². The van der Waals surface area contributed by atoms with Gasteiger partial charge in [0.05, 0.1) is 24.1 Å². The number of carbonyl (C=O) groups is 2. The number of ether oxygens (including phenoxy) is 1. The number of aryl methyl sites for hydroxylation is 1. The van der Waals surface area contributed by atoms with Gasteiger partial charge in [-0.1, -0.05) is 12.1 Å². The number of hydrogen-bond donors (Lipinski definition) is 1. The molecule has 0 aliphatic rings. The lowest BCUT2D eigenvalue weighted by atomic mass is 10.1. The summed E-state index contributed by atoms with van der Waals surface area (Å²) >= 11 is 0.